The molecule has 0 aliphatic carbocycles. The molecular weight excluding hydrogens is 330 g/mol. The van der Waals surface area contributed by atoms with Gasteiger partial charge >= 0.3 is 5.91 Å². The smallest absolute Gasteiger partial charge is 0.301 e. The number of rotatable bonds is 5. The van der Waals surface area contributed by atoms with E-state index in [4.69, 9.17) is 16.0 Å². The molecule has 0 fully saturated rings. The first-order chi connectivity index (χ1) is 11.5. The second-order valence-corrected chi connectivity index (χ2v) is 5.66. The third kappa shape index (κ3) is 3.38. The summed E-state index contributed by atoms with van der Waals surface area (Å²) in [4.78, 5) is 24.1. The Morgan fingerprint density at radius 2 is 2.12 bits per heavy atom. The second kappa shape index (κ2) is 6.72. The first-order valence-electron chi connectivity index (χ1n) is 7.20. The van der Waals surface area contributed by atoms with Gasteiger partial charge in [0.05, 0.1) is 19.0 Å². The minimum Gasteiger partial charge on any atom is -0.461 e. The number of hydrogen-bond donors (Lipinski definition) is 1. The van der Waals surface area contributed by atoms with Crippen LogP contribution in [0.5, 0.6) is 0 Å². The van der Waals surface area contributed by atoms with Gasteiger partial charge in [0.2, 0.25) is 0 Å². The number of Topliss-reactive ketones (excluding diaryl/α,β-unsaturated/α-hetero) is 1. The zero-order chi connectivity index (χ0) is 17.1. The Hall–Kier alpha value is -2.86. The minimum absolute atomic E-state index is 0.00828. The molecule has 0 unspecified atom stereocenters. The van der Waals surface area contributed by atoms with Crippen LogP contribution in [-0.4, -0.2) is 21.5 Å². The van der Waals surface area contributed by atoms with E-state index >= 15 is 0 Å². The summed E-state index contributed by atoms with van der Waals surface area (Å²) in [6.45, 7) is 2.22. The van der Waals surface area contributed by atoms with Crippen molar-refractivity contribution in [1.82, 2.24) is 9.78 Å². The van der Waals surface area contributed by atoms with E-state index < -0.39 is 11.7 Å². The molecule has 24 heavy (non-hydrogen) atoms. The molecule has 0 saturated heterocycles. The van der Waals surface area contributed by atoms with Crippen molar-refractivity contribution in [2.75, 3.05) is 5.32 Å². The Balaban J connectivity index is 1.80. The highest BCUT2D eigenvalue weighted by Gasteiger charge is 2.21. The molecule has 7 heteroatoms. The molecule has 1 amide bonds. The van der Waals surface area contributed by atoms with E-state index in [1.165, 1.54) is 12.3 Å². The van der Waals surface area contributed by atoms with Crippen molar-refractivity contribution in [1.29, 1.82) is 0 Å². The number of hydrogen-bond acceptors (Lipinski definition) is 4. The normalized spacial score (nSPS) is 10.6. The number of anilines is 1. The Kier molecular flexibility index (Phi) is 4.48. The molecule has 6 nitrogen and oxygen atoms in total. The standard InChI is InChI=1S/C17H14ClN3O3/c1-11-9-19-21(10-12-4-2-5-13(18)8-12)16(11)20-17(23)15(22)14-6-3-7-24-14/h2-9H,10H2,1H3,(H,20,23). The second-order valence-electron chi connectivity index (χ2n) is 5.22. The van der Waals surface area contributed by atoms with Crippen LogP contribution in [0.2, 0.25) is 5.02 Å². The summed E-state index contributed by atoms with van der Waals surface area (Å²) in [6.07, 6.45) is 2.96. The van der Waals surface area contributed by atoms with Crippen LogP contribution in [0.15, 0.2) is 53.3 Å². The van der Waals surface area contributed by atoms with Crippen LogP contribution in [0, 0.1) is 6.92 Å². The number of ketones is 1. The summed E-state index contributed by atoms with van der Waals surface area (Å²) < 4.78 is 6.56. The van der Waals surface area contributed by atoms with Gasteiger partial charge in [-0.2, -0.15) is 5.10 Å². The number of benzene rings is 1. The Morgan fingerprint density at radius 3 is 2.83 bits per heavy atom. The molecule has 0 bridgehead atoms. The van der Waals surface area contributed by atoms with Crippen LogP contribution >= 0.6 is 11.6 Å². The molecule has 0 aliphatic heterocycles. The average molecular weight is 344 g/mol. The molecule has 1 N–H and O–H groups in total. The van der Waals surface area contributed by atoms with Crippen LogP contribution in [0.1, 0.15) is 21.7 Å². The fourth-order valence-electron chi connectivity index (χ4n) is 2.25. The van der Waals surface area contributed by atoms with Crippen molar-refractivity contribution in [2.24, 2.45) is 0 Å². The number of aromatic nitrogens is 2. The summed E-state index contributed by atoms with van der Waals surface area (Å²) in [5.74, 6) is -1.07. The van der Waals surface area contributed by atoms with Crippen molar-refractivity contribution in [3.8, 4) is 0 Å². The van der Waals surface area contributed by atoms with Gasteiger partial charge in [-0.05, 0) is 36.8 Å². The van der Waals surface area contributed by atoms with Crippen molar-refractivity contribution < 1.29 is 14.0 Å². The van der Waals surface area contributed by atoms with Crippen LogP contribution < -0.4 is 5.32 Å². The Labute approximate surface area is 143 Å². The fourth-order valence-corrected chi connectivity index (χ4v) is 2.47. The van der Waals surface area contributed by atoms with Crippen molar-refractivity contribution in [3.05, 3.63) is 70.8 Å². The third-order valence-corrected chi connectivity index (χ3v) is 3.66. The molecule has 3 aromatic rings. The lowest BCUT2D eigenvalue weighted by atomic mass is 10.2. The average Bonchev–Trinajstić information content (AvgIpc) is 3.19. The van der Waals surface area contributed by atoms with Crippen molar-refractivity contribution >= 4 is 29.1 Å². The summed E-state index contributed by atoms with van der Waals surface area (Å²) in [5.41, 5.74) is 1.68. The van der Waals surface area contributed by atoms with Gasteiger partial charge in [-0.1, -0.05) is 23.7 Å². The summed E-state index contributed by atoms with van der Waals surface area (Å²) in [5, 5.41) is 7.46. The minimum atomic E-state index is -0.777. The van der Waals surface area contributed by atoms with E-state index in [-0.39, 0.29) is 5.76 Å². The fraction of sp³-hybridized carbons (Fsp3) is 0.118. The molecule has 2 heterocycles. The molecule has 0 spiro atoms. The van der Waals surface area contributed by atoms with Crippen LogP contribution in [0.25, 0.3) is 0 Å². The highest BCUT2D eigenvalue weighted by Crippen LogP contribution is 2.18. The van der Waals surface area contributed by atoms with E-state index in [0.717, 1.165) is 11.1 Å². The number of halogens is 1. The lowest BCUT2D eigenvalue weighted by Gasteiger charge is -2.10. The van der Waals surface area contributed by atoms with Gasteiger partial charge in [0.25, 0.3) is 5.78 Å². The number of furan rings is 1. The number of nitrogens with one attached hydrogen (secondary N) is 1. The van der Waals surface area contributed by atoms with Crippen molar-refractivity contribution in [3.63, 3.8) is 0 Å². The van der Waals surface area contributed by atoms with E-state index in [9.17, 15) is 9.59 Å². The lowest BCUT2D eigenvalue weighted by molar-refractivity contribution is -0.112. The van der Waals surface area contributed by atoms with Crippen LogP contribution in [0.4, 0.5) is 5.82 Å². The van der Waals surface area contributed by atoms with Gasteiger partial charge < -0.3 is 9.73 Å². The Bertz CT molecular complexity index is 884. The number of aryl methyl sites for hydroxylation is 1. The third-order valence-electron chi connectivity index (χ3n) is 3.43. The summed E-state index contributed by atoms with van der Waals surface area (Å²) in [7, 11) is 0. The van der Waals surface area contributed by atoms with Gasteiger partial charge in [0.1, 0.15) is 5.82 Å². The highest BCUT2D eigenvalue weighted by molar-refractivity contribution is 6.45. The first-order valence-corrected chi connectivity index (χ1v) is 7.58. The molecule has 2 aromatic heterocycles. The predicted molar refractivity (Wildman–Crippen MR) is 89.2 cm³/mol. The maximum Gasteiger partial charge on any atom is 0.301 e. The number of amides is 1. The Morgan fingerprint density at radius 1 is 1.29 bits per heavy atom. The predicted octanol–water partition coefficient (Wildman–Crippen LogP) is 3.31. The quantitative estimate of drug-likeness (QED) is 0.569. The van der Waals surface area contributed by atoms with Crippen LogP contribution in [-0.2, 0) is 11.3 Å². The molecule has 122 valence electrons. The summed E-state index contributed by atoms with van der Waals surface area (Å²) in [6, 6.07) is 10.3. The van der Waals surface area contributed by atoms with Crippen molar-refractivity contribution in [2.45, 2.75) is 13.5 Å². The van der Waals surface area contributed by atoms with E-state index in [0.29, 0.717) is 17.4 Å². The van der Waals surface area contributed by atoms with E-state index in [1.807, 2.05) is 18.2 Å². The monoisotopic (exact) mass is 343 g/mol. The van der Waals surface area contributed by atoms with E-state index in [1.54, 1.807) is 29.9 Å². The zero-order valence-electron chi connectivity index (χ0n) is 12.8. The number of nitrogens with zero attached hydrogens (tertiary/aromatic N) is 2. The molecule has 0 radical (unpaired) electrons. The number of carbonyl (C=O) groups excluding carboxylic acids is 2. The van der Waals surface area contributed by atoms with Crippen LogP contribution in [0.3, 0.4) is 0 Å². The van der Waals surface area contributed by atoms with Gasteiger partial charge in [-0.3, -0.25) is 9.59 Å². The molecule has 0 saturated carbocycles. The van der Waals surface area contributed by atoms with Gasteiger partial charge in [0.15, 0.2) is 5.76 Å². The largest absolute Gasteiger partial charge is 0.461 e. The SMILES string of the molecule is Cc1cnn(Cc2cccc(Cl)c2)c1NC(=O)C(=O)c1ccco1. The zero-order valence-corrected chi connectivity index (χ0v) is 13.6. The molecule has 1 aromatic carbocycles. The number of carbonyl (C=O) groups is 2. The van der Waals surface area contributed by atoms with Gasteiger partial charge in [-0.25, -0.2) is 4.68 Å². The molecule has 0 atom stereocenters. The first kappa shape index (κ1) is 16.0. The molecular formula is C17H14ClN3O3. The molecule has 0 aliphatic rings. The van der Waals surface area contributed by atoms with E-state index in [2.05, 4.69) is 10.4 Å². The lowest BCUT2D eigenvalue weighted by Crippen LogP contribution is -2.24. The van der Waals surface area contributed by atoms with Gasteiger partial charge in [0, 0.05) is 10.6 Å². The topological polar surface area (TPSA) is 77.1 Å². The maximum atomic E-state index is 12.1. The maximum absolute atomic E-state index is 12.1. The molecule has 3 rings (SSSR count). The highest BCUT2D eigenvalue weighted by atomic mass is 35.5. The summed E-state index contributed by atoms with van der Waals surface area (Å²) >= 11 is 5.98. The van der Waals surface area contributed by atoms with Gasteiger partial charge in [-0.15, -0.1) is 0 Å².